The minimum atomic E-state index is -0.807. The molecule has 0 saturated heterocycles. The lowest BCUT2D eigenvalue weighted by molar-refractivity contribution is -0.137. The Morgan fingerprint density at radius 1 is 1.21 bits per heavy atom. The SMILES string of the molecule is Nc1ccc(O)cc1C(=O)OCC(=O)N1N=C2C(=Cc3ccco3)CCCC2C1c1ccco1. The lowest BCUT2D eigenvalue weighted by atomic mass is 9.79. The van der Waals surface area contributed by atoms with Gasteiger partial charge in [0.1, 0.15) is 23.3 Å². The zero-order chi connectivity index (χ0) is 23.7. The highest BCUT2D eigenvalue weighted by molar-refractivity contribution is 6.08. The lowest BCUT2D eigenvalue weighted by Crippen LogP contribution is -2.34. The Labute approximate surface area is 195 Å². The van der Waals surface area contributed by atoms with Crippen molar-refractivity contribution >= 4 is 29.4 Å². The van der Waals surface area contributed by atoms with Crippen LogP contribution in [0.3, 0.4) is 0 Å². The van der Waals surface area contributed by atoms with Gasteiger partial charge in [0.15, 0.2) is 6.61 Å². The Morgan fingerprint density at radius 2 is 2.03 bits per heavy atom. The maximum absolute atomic E-state index is 13.2. The zero-order valence-electron chi connectivity index (χ0n) is 18.2. The molecule has 3 heterocycles. The van der Waals surface area contributed by atoms with Crippen LogP contribution in [0, 0.1) is 5.92 Å². The largest absolute Gasteiger partial charge is 0.508 e. The molecule has 1 aromatic carbocycles. The van der Waals surface area contributed by atoms with Crippen molar-refractivity contribution in [1.29, 1.82) is 0 Å². The summed E-state index contributed by atoms with van der Waals surface area (Å²) in [5, 5.41) is 15.6. The monoisotopic (exact) mass is 461 g/mol. The molecule has 3 aromatic rings. The fourth-order valence-electron chi connectivity index (χ4n) is 4.48. The highest BCUT2D eigenvalue weighted by Crippen LogP contribution is 2.44. The van der Waals surface area contributed by atoms with Gasteiger partial charge in [-0.15, -0.1) is 0 Å². The third-order valence-corrected chi connectivity index (χ3v) is 6.03. The van der Waals surface area contributed by atoms with E-state index in [0.717, 1.165) is 36.3 Å². The molecule has 2 atom stereocenters. The summed E-state index contributed by atoms with van der Waals surface area (Å²) in [5.41, 5.74) is 7.74. The van der Waals surface area contributed by atoms with E-state index in [1.54, 1.807) is 18.6 Å². The average Bonchev–Trinajstić information content (AvgIpc) is 3.59. The second-order valence-corrected chi connectivity index (χ2v) is 8.22. The van der Waals surface area contributed by atoms with Gasteiger partial charge in [0.25, 0.3) is 5.91 Å². The standard InChI is InChI=1S/C25H23N3O6/c26-20-9-8-16(29)13-19(20)25(31)34-14-22(30)28-24(21-7-3-11-33-21)18-6-1-4-15(23(18)27-28)12-17-5-2-10-32-17/h2-3,5,7-13,18,24,29H,1,4,6,14,26H2. The number of nitrogen functional groups attached to an aromatic ring is 1. The highest BCUT2D eigenvalue weighted by Gasteiger charge is 2.45. The van der Waals surface area contributed by atoms with Crippen molar-refractivity contribution in [2.24, 2.45) is 11.0 Å². The van der Waals surface area contributed by atoms with Gasteiger partial charge in [-0.1, -0.05) is 0 Å². The normalized spacial score (nSPS) is 20.8. The molecule has 1 aliphatic carbocycles. The van der Waals surface area contributed by atoms with Crippen LogP contribution in [-0.4, -0.2) is 34.3 Å². The molecular formula is C25H23N3O6. The topological polar surface area (TPSA) is 132 Å². The summed E-state index contributed by atoms with van der Waals surface area (Å²) in [6, 6.07) is 10.8. The number of nitrogens with zero attached hydrogens (tertiary/aromatic N) is 2. The molecule has 1 saturated carbocycles. The van der Waals surface area contributed by atoms with E-state index in [-0.39, 0.29) is 22.9 Å². The maximum atomic E-state index is 13.2. The first-order chi connectivity index (χ1) is 16.5. The van der Waals surface area contributed by atoms with Crippen molar-refractivity contribution < 1.29 is 28.3 Å². The molecule has 9 heteroatoms. The number of hydrogen-bond acceptors (Lipinski definition) is 8. The van der Waals surface area contributed by atoms with E-state index < -0.39 is 24.5 Å². The average molecular weight is 461 g/mol. The van der Waals surface area contributed by atoms with Crippen molar-refractivity contribution in [3.8, 4) is 5.75 Å². The number of allylic oxidation sites excluding steroid dienone is 1. The molecule has 0 bridgehead atoms. The molecule has 0 spiro atoms. The number of hydrazone groups is 1. The van der Waals surface area contributed by atoms with Gasteiger partial charge in [-0.3, -0.25) is 4.79 Å². The number of hydrogen-bond donors (Lipinski definition) is 2. The van der Waals surface area contributed by atoms with Crippen LogP contribution in [0.1, 0.15) is 47.2 Å². The van der Waals surface area contributed by atoms with Gasteiger partial charge in [-0.25, -0.2) is 9.80 Å². The Balaban J connectivity index is 1.40. The van der Waals surface area contributed by atoms with Gasteiger partial charge in [0.2, 0.25) is 0 Å². The molecule has 2 unspecified atom stereocenters. The minimum absolute atomic E-state index is 0.0135. The molecule has 1 aliphatic heterocycles. The molecule has 174 valence electrons. The van der Waals surface area contributed by atoms with Crippen molar-refractivity contribution in [2.45, 2.75) is 25.3 Å². The summed E-state index contributed by atoms with van der Waals surface area (Å²) in [6.07, 6.45) is 7.70. The van der Waals surface area contributed by atoms with Crippen molar-refractivity contribution in [2.75, 3.05) is 12.3 Å². The second kappa shape index (κ2) is 8.93. The van der Waals surface area contributed by atoms with Crippen molar-refractivity contribution in [1.82, 2.24) is 5.01 Å². The number of carbonyl (C=O) groups excluding carboxylic acids is 2. The van der Waals surface area contributed by atoms with E-state index in [1.165, 1.54) is 23.2 Å². The first kappa shape index (κ1) is 21.6. The van der Waals surface area contributed by atoms with E-state index in [1.807, 2.05) is 24.3 Å². The molecule has 2 aliphatic rings. The van der Waals surface area contributed by atoms with Gasteiger partial charge < -0.3 is 24.4 Å². The van der Waals surface area contributed by atoms with E-state index in [0.29, 0.717) is 5.76 Å². The Kier molecular flexibility index (Phi) is 5.67. The molecule has 2 aromatic heterocycles. The lowest BCUT2D eigenvalue weighted by Gasteiger charge is -2.27. The predicted molar refractivity (Wildman–Crippen MR) is 123 cm³/mol. The number of anilines is 1. The summed E-state index contributed by atoms with van der Waals surface area (Å²) in [5.74, 6) is -0.152. The van der Waals surface area contributed by atoms with Crippen LogP contribution in [-0.2, 0) is 9.53 Å². The van der Waals surface area contributed by atoms with Crippen LogP contribution in [0.2, 0.25) is 0 Å². The first-order valence-electron chi connectivity index (χ1n) is 11.0. The van der Waals surface area contributed by atoms with Gasteiger partial charge >= 0.3 is 5.97 Å². The van der Waals surface area contributed by atoms with E-state index in [9.17, 15) is 14.7 Å². The predicted octanol–water partition coefficient (Wildman–Crippen LogP) is 4.14. The quantitative estimate of drug-likeness (QED) is 0.332. The number of amides is 1. The summed E-state index contributed by atoms with van der Waals surface area (Å²) >= 11 is 0. The summed E-state index contributed by atoms with van der Waals surface area (Å²) < 4.78 is 16.3. The number of phenolic OH excluding ortho intramolecular Hbond substituents is 1. The second-order valence-electron chi connectivity index (χ2n) is 8.22. The molecular weight excluding hydrogens is 438 g/mol. The number of nitrogens with two attached hydrogens (primary N) is 1. The smallest absolute Gasteiger partial charge is 0.340 e. The number of rotatable bonds is 5. The zero-order valence-corrected chi connectivity index (χ0v) is 18.2. The van der Waals surface area contributed by atoms with Gasteiger partial charge in [0.05, 0.1) is 23.8 Å². The Bertz CT molecular complexity index is 1260. The number of fused-ring (bicyclic) bond motifs is 1. The van der Waals surface area contributed by atoms with Crippen LogP contribution in [0.4, 0.5) is 5.69 Å². The number of furan rings is 2. The molecule has 1 fully saturated rings. The van der Waals surface area contributed by atoms with E-state index in [4.69, 9.17) is 19.3 Å². The van der Waals surface area contributed by atoms with Gasteiger partial charge in [-0.2, -0.15) is 5.10 Å². The van der Waals surface area contributed by atoms with Crippen LogP contribution >= 0.6 is 0 Å². The summed E-state index contributed by atoms with van der Waals surface area (Å²) in [4.78, 5) is 25.7. The van der Waals surface area contributed by atoms with Crippen LogP contribution in [0.15, 0.2) is 74.5 Å². The molecule has 34 heavy (non-hydrogen) atoms. The van der Waals surface area contributed by atoms with Crippen LogP contribution < -0.4 is 5.73 Å². The van der Waals surface area contributed by atoms with E-state index in [2.05, 4.69) is 5.10 Å². The molecule has 0 radical (unpaired) electrons. The summed E-state index contributed by atoms with van der Waals surface area (Å²) in [6.45, 7) is -0.536. The van der Waals surface area contributed by atoms with E-state index >= 15 is 0 Å². The fourth-order valence-corrected chi connectivity index (χ4v) is 4.48. The third-order valence-electron chi connectivity index (χ3n) is 6.03. The van der Waals surface area contributed by atoms with Crippen molar-refractivity contribution in [3.63, 3.8) is 0 Å². The highest BCUT2D eigenvalue weighted by atomic mass is 16.5. The van der Waals surface area contributed by atoms with Gasteiger partial charge in [0, 0.05) is 11.6 Å². The number of carbonyl (C=O) groups is 2. The number of esters is 1. The minimum Gasteiger partial charge on any atom is -0.508 e. The number of ether oxygens (including phenoxy) is 1. The first-order valence-corrected chi connectivity index (χ1v) is 11.0. The van der Waals surface area contributed by atoms with Crippen LogP contribution in [0.25, 0.3) is 6.08 Å². The summed E-state index contributed by atoms with van der Waals surface area (Å²) in [7, 11) is 0. The van der Waals surface area contributed by atoms with Crippen LogP contribution in [0.5, 0.6) is 5.75 Å². The molecule has 3 N–H and O–H groups in total. The van der Waals surface area contributed by atoms with Gasteiger partial charge in [-0.05, 0) is 73.4 Å². The number of phenols is 1. The molecule has 5 rings (SSSR count). The Morgan fingerprint density at radius 3 is 2.79 bits per heavy atom. The van der Waals surface area contributed by atoms with Crippen molar-refractivity contribution in [3.05, 3.63) is 77.6 Å². The Hall–Kier alpha value is -4.27. The fraction of sp³-hybridized carbons (Fsp3) is 0.240. The third kappa shape index (κ3) is 4.07. The number of benzene rings is 1. The number of aromatic hydroxyl groups is 1. The molecule has 1 amide bonds. The maximum Gasteiger partial charge on any atom is 0.340 e. The molecule has 9 nitrogen and oxygen atoms in total.